The molecule has 0 radical (unpaired) electrons. The molecule has 4 aliphatic carbocycles. The first kappa shape index (κ1) is 37.2. The van der Waals surface area contributed by atoms with Gasteiger partial charge in [-0.25, -0.2) is 0 Å². The van der Waals surface area contributed by atoms with Crippen LogP contribution in [0.15, 0.2) is 11.6 Å². The van der Waals surface area contributed by atoms with Crippen molar-refractivity contribution in [3.8, 4) is 0 Å². The number of piperidine rings is 1. The minimum absolute atomic E-state index is 0.0659. The van der Waals surface area contributed by atoms with E-state index in [1.165, 1.54) is 24.8 Å². The van der Waals surface area contributed by atoms with Gasteiger partial charge in [0.05, 0.1) is 24.9 Å². The van der Waals surface area contributed by atoms with Gasteiger partial charge in [-0.3, -0.25) is 5.32 Å². The van der Waals surface area contributed by atoms with E-state index >= 15 is 0 Å². The Labute approximate surface area is 302 Å². The molecule has 0 aromatic carbocycles. The van der Waals surface area contributed by atoms with Gasteiger partial charge in [0.1, 0.15) is 48.5 Å². The Morgan fingerprint density at radius 3 is 2.35 bits per heavy atom. The fourth-order valence-corrected chi connectivity index (χ4v) is 12.7. The smallest absolute Gasteiger partial charge is 0.187 e. The molecule has 7 N–H and O–H groups in total. The van der Waals surface area contributed by atoms with Crippen molar-refractivity contribution in [3.05, 3.63) is 11.6 Å². The minimum atomic E-state index is -1.60. The van der Waals surface area contributed by atoms with Gasteiger partial charge in [0.2, 0.25) is 0 Å². The molecule has 8 aliphatic rings. The van der Waals surface area contributed by atoms with E-state index in [1.807, 2.05) is 0 Å². The van der Waals surface area contributed by atoms with Crippen LogP contribution in [0.1, 0.15) is 92.4 Å². The van der Waals surface area contributed by atoms with Crippen molar-refractivity contribution in [1.82, 2.24) is 5.32 Å². The summed E-state index contributed by atoms with van der Waals surface area (Å²) in [6, 6.07) is 0. The van der Waals surface area contributed by atoms with Gasteiger partial charge in [0.15, 0.2) is 12.6 Å². The third kappa shape index (κ3) is 5.84. The summed E-state index contributed by atoms with van der Waals surface area (Å²) in [5.41, 5.74) is 1.61. The molecule has 51 heavy (non-hydrogen) atoms. The van der Waals surface area contributed by atoms with Gasteiger partial charge < -0.3 is 54.3 Å². The molecule has 7 fully saturated rings. The number of allylic oxidation sites excluding steroid dienone is 1. The molecule has 0 unspecified atom stereocenters. The van der Waals surface area contributed by atoms with Crippen LogP contribution in [0.2, 0.25) is 0 Å². The van der Waals surface area contributed by atoms with Crippen molar-refractivity contribution in [1.29, 1.82) is 0 Å². The van der Waals surface area contributed by atoms with Gasteiger partial charge in [-0.1, -0.05) is 39.3 Å². The zero-order valence-corrected chi connectivity index (χ0v) is 31.0. The van der Waals surface area contributed by atoms with Crippen LogP contribution in [0.5, 0.6) is 0 Å². The molecule has 4 aliphatic heterocycles. The van der Waals surface area contributed by atoms with Gasteiger partial charge in [0.25, 0.3) is 0 Å². The summed E-state index contributed by atoms with van der Waals surface area (Å²) in [5.74, 6) is 3.68. The summed E-state index contributed by atoms with van der Waals surface area (Å²) in [7, 11) is 0. The fraction of sp³-hybridized carbons (Fsp3) is 0.949. The number of aliphatic hydroxyl groups excluding tert-OH is 6. The van der Waals surface area contributed by atoms with Gasteiger partial charge in [-0.2, -0.15) is 0 Å². The molecule has 0 bridgehead atoms. The molecule has 0 amide bonds. The number of rotatable bonds is 5. The molecular weight excluding hydrogens is 658 g/mol. The van der Waals surface area contributed by atoms with E-state index < -0.39 is 68.0 Å². The number of hydrogen-bond acceptors (Lipinski definition) is 12. The zero-order chi connectivity index (χ0) is 36.2. The first-order chi connectivity index (χ1) is 24.2. The van der Waals surface area contributed by atoms with E-state index in [2.05, 4.69) is 39.1 Å². The van der Waals surface area contributed by atoms with Crippen LogP contribution in [0, 0.1) is 46.3 Å². The van der Waals surface area contributed by atoms with Crippen molar-refractivity contribution in [2.45, 2.75) is 172 Å². The van der Waals surface area contributed by atoms with Crippen molar-refractivity contribution < 1.29 is 54.3 Å². The quantitative estimate of drug-likeness (QED) is 0.206. The summed E-state index contributed by atoms with van der Waals surface area (Å²) < 4.78 is 31.2. The molecule has 12 nitrogen and oxygen atoms in total. The molecule has 290 valence electrons. The van der Waals surface area contributed by atoms with Gasteiger partial charge in [0, 0.05) is 12.5 Å². The second kappa shape index (κ2) is 13.5. The maximum atomic E-state index is 11.1. The average Bonchev–Trinajstić information content (AvgIpc) is 3.56. The Hall–Kier alpha value is -0.740. The largest absolute Gasteiger partial charge is 0.394 e. The third-order valence-electron chi connectivity index (χ3n) is 15.8. The molecule has 12 heteroatoms. The lowest BCUT2D eigenvalue weighted by Gasteiger charge is -2.59. The number of hydrogen-bond donors (Lipinski definition) is 7. The summed E-state index contributed by atoms with van der Waals surface area (Å²) in [5, 5.41) is 66.8. The Morgan fingerprint density at radius 2 is 1.63 bits per heavy atom. The van der Waals surface area contributed by atoms with Crippen LogP contribution in [0.25, 0.3) is 0 Å². The van der Waals surface area contributed by atoms with Crippen LogP contribution in [0.4, 0.5) is 0 Å². The van der Waals surface area contributed by atoms with E-state index in [9.17, 15) is 30.6 Å². The Balaban J connectivity index is 0.964. The highest BCUT2D eigenvalue weighted by molar-refractivity contribution is 5.26. The highest BCUT2D eigenvalue weighted by Crippen LogP contribution is 2.70. The number of nitrogens with one attached hydrogen (secondary N) is 1. The Morgan fingerprint density at radius 1 is 0.843 bits per heavy atom. The predicted molar refractivity (Wildman–Crippen MR) is 184 cm³/mol. The highest BCUT2D eigenvalue weighted by Gasteiger charge is 2.68. The minimum Gasteiger partial charge on any atom is -0.394 e. The maximum Gasteiger partial charge on any atom is 0.187 e. The van der Waals surface area contributed by atoms with Crippen LogP contribution in [-0.2, 0) is 23.7 Å². The van der Waals surface area contributed by atoms with Crippen molar-refractivity contribution in [2.24, 2.45) is 46.3 Å². The molecule has 1 spiro atoms. The van der Waals surface area contributed by atoms with Gasteiger partial charge in [-0.15, -0.1) is 0 Å². The molecule has 21 atom stereocenters. The number of ether oxygens (including phenoxy) is 5. The summed E-state index contributed by atoms with van der Waals surface area (Å²) in [6.07, 6.45) is -1.26. The van der Waals surface area contributed by atoms with Crippen LogP contribution < -0.4 is 5.32 Å². The van der Waals surface area contributed by atoms with Crippen LogP contribution in [0.3, 0.4) is 0 Å². The SMILES string of the molecule is C[C@@H]1CC[C@@]2(NC1)O[C@H]1C[C@H]3[C@@H]4CC=C5C[C@@H](O[C@@H]6O[C@H](CO)[C@@H](O)[C@H](O)[C@H]6O[C@@H]6O[C@@H](C)[C@H](O)[C@@H](O)[C@H]6O)CC[C@]5(C)[C@H]4CC[C@]3(C)[C@H]1[C@@H]2C. The van der Waals surface area contributed by atoms with Crippen molar-refractivity contribution in [3.63, 3.8) is 0 Å². The van der Waals surface area contributed by atoms with Crippen molar-refractivity contribution >= 4 is 0 Å². The molecule has 0 aromatic rings. The lowest BCUT2D eigenvalue weighted by molar-refractivity contribution is -0.369. The van der Waals surface area contributed by atoms with Crippen molar-refractivity contribution in [2.75, 3.05) is 13.2 Å². The molecular formula is C39H63NO11. The number of aliphatic hydroxyl groups is 6. The van der Waals surface area contributed by atoms with E-state index in [4.69, 9.17) is 23.7 Å². The van der Waals surface area contributed by atoms with Gasteiger partial charge in [-0.05, 0) is 105 Å². The Kier molecular flexibility index (Phi) is 9.83. The standard InChI is InChI=1S/C39H63NO11/c1-18-8-13-39(40-16-18)19(2)28-26(51-39)15-25-23-7-6-21-14-22(9-11-37(21,4)24(23)10-12-38(25,28)5)48-36-34(32(45)30(43)27(17-41)49-36)50-35-33(46)31(44)29(42)20(3)47-35/h6,18-20,22-36,40-46H,7-17H2,1-5H3/t18-,19+,20+,22+,23-,24+,25+,26+,27-,28+,29+,30-,31-,32+,33-,34-,35+,36-,37+,38+,39-/m1/s1. The first-order valence-electron chi connectivity index (χ1n) is 20.0. The lowest BCUT2D eigenvalue weighted by Crippen LogP contribution is -2.64. The zero-order valence-electron chi connectivity index (χ0n) is 31.0. The lowest BCUT2D eigenvalue weighted by atomic mass is 9.47. The first-order valence-corrected chi connectivity index (χ1v) is 20.0. The van der Waals surface area contributed by atoms with E-state index in [0.717, 1.165) is 38.6 Å². The summed E-state index contributed by atoms with van der Waals surface area (Å²) >= 11 is 0. The second-order valence-electron chi connectivity index (χ2n) is 18.4. The molecule has 0 aromatic heterocycles. The molecule has 4 heterocycles. The maximum absolute atomic E-state index is 11.1. The third-order valence-corrected chi connectivity index (χ3v) is 15.8. The molecule has 3 saturated carbocycles. The molecule has 4 saturated heterocycles. The van der Waals surface area contributed by atoms with Crippen LogP contribution >= 0.6 is 0 Å². The molecule has 8 rings (SSSR count). The summed E-state index contributed by atoms with van der Waals surface area (Å²) in [6.45, 7) is 11.9. The van der Waals surface area contributed by atoms with E-state index in [1.54, 1.807) is 6.92 Å². The monoisotopic (exact) mass is 721 g/mol. The van der Waals surface area contributed by atoms with Gasteiger partial charge >= 0.3 is 0 Å². The fourth-order valence-electron chi connectivity index (χ4n) is 12.7. The second-order valence-corrected chi connectivity index (χ2v) is 18.4. The Bertz CT molecular complexity index is 1310. The average molecular weight is 722 g/mol. The van der Waals surface area contributed by atoms with Crippen LogP contribution in [-0.4, -0.2) is 123 Å². The highest BCUT2D eigenvalue weighted by atomic mass is 16.8. The number of fused-ring (bicyclic) bond motifs is 7. The topological polar surface area (TPSA) is 180 Å². The van der Waals surface area contributed by atoms with E-state index in [0.29, 0.717) is 48.0 Å². The summed E-state index contributed by atoms with van der Waals surface area (Å²) in [4.78, 5) is 0. The normalized spacial score (nSPS) is 58.4. The van der Waals surface area contributed by atoms with E-state index in [-0.39, 0.29) is 22.7 Å². The predicted octanol–water partition coefficient (Wildman–Crippen LogP) is 1.96.